The Morgan fingerprint density at radius 3 is 2.32 bits per heavy atom. The summed E-state index contributed by atoms with van der Waals surface area (Å²) in [6.45, 7) is 2.46. The number of rotatable bonds is 9. The fourth-order valence-electron chi connectivity index (χ4n) is 2.12. The maximum atomic E-state index is 12.1. The van der Waals surface area contributed by atoms with Crippen molar-refractivity contribution in [3.8, 4) is 0 Å². The minimum Gasteiger partial charge on any atom is -0.351 e. The highest BCUT2D eigenvalue weighted by molar-refractivity contribution is 7.98. The van der Waals surface area contributed by atoms with Crippen molar-refractivity contribution >= 4 is 27.7 Å². The first-order chi connectivity index (χ1) is 12.0. The summed E-state index contributed by atoms with van der Waals surface area (Å²) in [5.41, 5.74) is 1.75. The lowest BCUT2D eigenvalue weighted by molar-refractivity contribution is 0.0954. The molecule has 0 aliphatic rings. The molecule has 0 fully saturated rings. The Morgan fingerprint density at radius 1 is 1.00 bits per heavy atom. The molecule has 0 atom stereocenters. The summed E-state index contributed by atoms with van der Waals surface area (Å²) in [5, 5.41) is 2.71. The second-order valence-corrected chi connectivity index (χ2v) is 8.34. The van der Waals surface area contributed by atoms with E-state index in [0.29, 0.717) is 5.56 Å². The highest BCUT2D eigenvalue weighted by Gasteiger charge is 2.12. The largest absolute Gasteiger partial charge is 0.351 e. The lowest BCUT2D eigenvalue weighted by Crippen LogP contribution is -2.34. The molecule has 1 amide bonds. The molecule has 0 aromatic heterocycles. The summed E-state index contributed by atoms with van der Waals surface area (Å²) in [7, 11) is -3.54. The second-order valence-electron chi connectivity index (χ2n) is 5.30. The van der Waals surface area contributed by atoms with Gasteiger partial charge in [-0.25, -0.2) is 13.1 Å². The quantitative estimate of drug-likeness (QED) is 0.658. The van der Waals surface area contributed by atoms with Gasteiger partial charge in [-0.05, 0) is 35.6 Å². The number of hydrogen-bond acceptors (Lipinski definition) is 4. The predicted molar refractivity (Wildman–Crippen MR) is 102 cm³/mol. The Kier molecular flexibility index (Phi) is 7.49. The van der Waals surface area contributed by atoms with Crippen molar-refractivity contribution in [2.24, 2.45) is 0 Å². The Bertz CT molecular complexity index is 776. The molecule has 134 valence electrons. The molecule has 0 saturated heterocycles. The average molecular weight is 379 g/mol. The van der Waals surface area contributed by atoms with Gasteiger partial charge in [0.05, 0.1) is 4.90 Å². The van der Waals surface area contributed by atoms with Crippen LogP contribution in [0.15, 0.2) is 59.5 Å². The summed E-state index contributed by atoms with van der Waals surface area (Å²) in [5.74, 6) is 1.77. The van der Waals surface area contributed by atoms with Crippen LogP contribution in [0.3, 0.4) is 0 Å². The maximum Gasteiger partial charge on any atom is 0.251 e. The number of nitrogens with one attached hydrogen (secondary N) is 2. The van der Waals surface area contributed by atoms with Gasteiger partial charge in [0.25, 0.3) is 5.91 Å². The maximum absolute atomic E-state index is 12.1. The molecular weight excluding hydrogens is 356 g/mol. The fourth-order valence-corrected chi connectivity index (χ4v) is 3.80. The molecule has 0 saturated carbocycles. The average Bonchev–Trinajstić information content (AvgIpc) is 2.64. The molecule has 0 unspecified atom stereocenters. The molecule has 2 aromatic carbocycles. The van der Waals surface area contributed by atoms with Crippen molar-refractivity contribution in [1.29, 1.82) is 0 Å². The van der Waals surface area contributed by atoms with E-state index in [2.05, 4.69) is 17.0 Å². The van der Waals surface area contributed by atoms with E-state index in [-0.39, 0.29) is 23.9 Å². The highest BCUT2D eigenvalue weighted by atomic mass is 32.2. The van der Waals surface area contributed by atoms with E-state index < -0.39 is 10.0 Å². The smallest absolute Gasteiger partial charge is 0.251 e. The first-order valence-electron chi connectivity index (χ1n) is 8.02. The monoisotopic (exact) mass is 378 g/mol. The molecular formula is C18H22N2O3S2. The Morgan fingerprint density at radius 2 is 1.68 bits per heavy atom. The van der Waals surface area contributed by atoms with Crippen molar-refractivity contribution in [3.63, 3.8) is 0 Å². The zero-order valence-corrected chi connectivity index (χ0v) is 15.7. The fraction of sp³-hybridized carbons (Fsp3) is 0.278. The molecule has 25 heavy (non-hydrogen) atoms. The molecule has 0 aliphatic heterocycles. The standard InChI is InChI=1S/C18H22N2O3S2/c1-2-24-14-15-8-10-16(11-9-15)18(21)19-12-13-20-25(22,23)17-6-4-3-5-7-17/h3-11,20H,2,12-14H2,1H3,(H,19,21). The molecule has 2 rings (SSSR count). The van der Waals surface area contributed by atoms with Crippen molar-refractivity contribution in [1.82, 2.24) is 10.0 Å². The number of amides is 1. The lowest BCUT2D eigenvalue weighted by Gasteiger charge is -2.08. The van der Waals surface area contributed by atoms with Gasteiger partial charge < -0.3 is 5.32 Å². The summed E-state index contributed by atoms with van der Waals surface area (Å²) < 4.78 is 26.6. The topological polar surface area (TPSA) is 75.3 Å². The van der Waals surface area contributed by atoms with Crippen LogP contribution in [-0.4, -0.2) is 33.2 Å². The van der Waals surface area contributed by atoms with E-state index in [0.717, 1.165) is 11.5 Å². The number of hydrogen-bond donors (Lipinski definition) is 2. The zero-order valence-electron chi connectivity index (χ0n) is 14.1. The van der Waals surface area contributed by atoms with Crippen molar-refractivity contribution in [2.75, 3.05) is 18.8 Å². The van der Waals surface area contributed by atoms with Gasteiger partial charge in [-0.2, -0.15) is 11.8 Å². The number of sulfonamides is 1. The highest BCUT2D eigenvalue weighted by Crippen LogP contribution is 2.12. The van der Waals surface area contributed by atoms with Gasteiger partial charge in [0.2, 0.25) is 10.0 Å². The van der Waals surface area contributed by atoms with E-state index in [1.165, 1.54) is 17.7 Å². The van der Waals surface area contributed by atoms with Gasteiger partial charge in [-0.1, -0.05) is 37.3 Å². The second kappa shape index (κ2) is 9.60. The van der Waals surface area contributed by atoms with Gasteiger partial charge in [-0.15, -0.1) is 0 Å². The van der Waals surface area contributed by atoms with Gasteiger partial charge in [0.15, 0.2) is 0 Å². The van der Waals surface area contributed by atoms with Crippen LogP contribution in [0.4, 0.5) is 0 Å². The SMILES string of the molecule is CCSCc1ccc(C(=O)NCCNS(=O)(=O)c2ccccc2)cc1. The number of carbonyl (C=O) groups excluding carboxylic acids is 1. The van der Waals surface area contributed by atoms with Crippen LogP contribution < -0.4 is 10.0 Å². The summed E-state index contributed by atoms with van der Waals surface area (Å²) >= 11 is 1.83. The van der Waals surface area contributed by atoms with Crippen LogP contribution >= 0.6 is 11.8 Å². The molecule has 0 heterocycles. The third kappa shape index (κ3) is 6.19. The number of carbonyl (C=O) groups is 1. The molecule has 0 radical (unpaired) electrons. The molecule has 2 aromatic rings. The summed E-state index contributed by atoms with van der Waals surface area (Å²) in [6, 6.07) is 15.6. The molecule has 0 aliphatic carbocycles. The van der Waals surface area contributed by atoms with Gasteiger partial charge in [0, 0.05) is 24.4 Å². The van der Waals surface area contributed by atoms with Gasteiger partial charge >= 0.3 is 0 Å². The van der Waals surface area contributed by atoms with Crippen molar-refractivity contribution in [2.45, 2.75) is 17.6 Å². The first kappa shape index (κ1) is 19.5. The van der Waals surface area contributed by atoms with Crippen LogP contribution in [0, 0.1) is 0 Å². The van der Waals surface area contributed by atoms with Crippen LogP contribution in [0.5, 0.6) is 0 Å². The summed E-state index contributed by atoms with van der Waals surface area (Å²) in [4.78, 5) is 12.3. The van der Waals surface area contributed by atoms with Crippen molar-refractivity contribution in [3.05, 3.63) is 65.7 Å². The third-order valence-corrected chi connectivity index (χ3v) is 5.87. The zero-order chi connectivity index (χ0) is 18.1. The first-order valence-corrected chi connectivity index (χ1v) is 10.7. The minimum atomic E-state index is -3.54. The van der Waals surface area contributed by atoms with E-state index in [4.69, 9.17) is 0 Å². The molecule has 2 N–H and O–H groups in total. The van der Waals surface area contributed by atoms with Gasteiger partial charge in [-0.3, -0.25) is 4.79 Å². The van der Waals surface area contributed by atoms with Crippen molar-refractivity contribution < 1.29 is 13.2 Å². The Balaban J connectivity index is 1.78. The normalized spacial score (nSPS) is 11.2. The number of thioether (sulfide) groups is 1. The van der Waals surface area contributed by atoms with Gasteiger partial charge in [0.1, 0.15) is 0 Å². The van der Waals surface area contributed by atoms with E-state index >= 15 is 0 Å². The van der Waals surface area contributed by atoms with E-state index in [9.17, 15) is 13.2 Å². The van der Waals surface area contributed by atoms with E-state index in [1.54, 1.807) is 30.3 Å². The molecule has 5 nitrogen and oxygen atoms in total. The van der Waals surface area contributed by atoms with E-state index in [1.807, 2.05) is 23.9 Å². The third-order valence-electron chi connectivity index (χ3n) is 3.45. The van der Waals surface area contributed by atoms with Crippen LogP contribution in [0.25, 0.3) is 0 Å². The van der Waals surface area contributed by atoms with Crippen LogP contribution in [0.1, 0.15) is 22.8 Å². The molecule has 7 heteroatoms. The lowest BCUT2D eigenvalue weighted by atomic mass is 10.1. The Labute approximate surface area is 153 Å². The van der Waals surface area contributed by atoms with Crippen LogP contribution in [-0.2, 0) is 15.8 Å². The number of benzene rings is 2. The molecule has 0 bridgehead atoms. The Hall–Kier alpha value is -1.83. The minimum absolute atomic E-state index is 0.133. The molecule has 0 spiro atoms. The summed E-state index contributed by atoms with van der Waals surface area (Å²) in [6.07, 6.45) is 0. The predicted octanol–water partition coefficient (Wildman–Crippen LogP) is 2.65. The van der Waals surface area contributed by atoms with Crippen LogP contribution in [0.2, 0.25) is 0 Å².